The largest absolute Gasteiger partial charge is 0.467 e. The lowest BCUT2D eigenvalue weighted by atomic mass is 10.0. The molecular formula is C18H27ClN5O11P2+. The zero-order valence-corrected chi connectivity index (χ0v) is 22.0. The van der Waals surface area contributed by atoms with Gasteiger partial charge in [-0.3, -0.25) is 4.57 Å². The Morgan fingerprint density at radius 3 is 2.68 bits per heavy atom. The highest BCUT2D eigenvalue weighted by molar-refractivity contribution is 7.73. The van der Waals surface area contributed by atoms with Gasteiger partial charge >= 0.3 is 21.5 Å². The number of carbonyl (C=O) groups is 1. The van der Waals surface area contributed by atoms with Gasteiger partial charge in [0, 0.05) is 6.54 Å². The highest BCUT2D eigenvalue weighted by atomic mass is 35.5. The minimum absolute atomic E-state index is 0.134. The first-order valence-corrected chi connectivity index (χ1v) is 15.1. The zero-order valence-electron chi connectivity index (χ0n) is 19.4. The van der Waals surface area contributed by atoms with Gasteiger partial charge in [-0.2, -0.15) is 29.4 Å². The molecule has 0 aliphatic carbocycles. The van der Waals surface area contributed by atoms with Crippen LogP contribution in [-0.2, 0) is 23.4 Å². The van der Waals surface area contributed by atoms with Gasteiger partial charge < -0.3 is 34.4 Å². The zero-order chi connectivity index (χ0) is 27.1. The first-order valence-electron chi connectivity index (χ1n) is 11.1. The predicted octanol–water partition coefficient (Wildman–Crippen LogP) is -0.470. The Morgan fingerprint density at radius 2 is 2.00 bits per heavy atom. The highest BCUT2D eigenvalue weighted by Gasteiger charge is 2.50. The van der Waals surface area contributed by atoms with E-state index in [-0.39, 0.29) is 10.9 Å². The van der Waals surface area contributed by atoms with Gasteiger partial charge in [-0.05, 0) is 30.9 Å². The van der Waals surface area contributed by atoms with E-state index in [1.807, 2.05) is 0 Å². The second-order valence-electron chi connectivity index (χ2n) is 8.68. The maximum Gasteiger partial charge on any atom is 0.419 e. The minimum Gasteiger partial charge on any atom is -0.467 e. The number of rotatable bonds is 8. The maximum absolute atomic E-state index is 12.4. The molecule has 0 saturated carbocycles. The minimum atomic E-state index is -4.79. The molecule has 2 fully saturated rings. The van der Waals surface area contributed by atoms with E-state index in [9.17, 15) is 29.4 Å². The number of fused-ring (bicyclic) bond motifs is 1. The Bertz CT molecular complexity index is 1200. The number of esters is 1. The summed E-state index contributed by atoms with van der Waals surface area (Å²) < 4.78 is 27.7. The molecule has 0 unspecified atom stereocenters. The van der Waals surface area contributed by atoms with Crippen molar-refractivity contribution in [2.75, 3.05) is 31.1 Å². The van der Waals surface area contributed by atoms with Crippen molar-refractivity contribution >= 4 is 50.0 Å². The van der Waals surface area contributed by atoms with Crippen LogP contribution in [0.1, 0.15) is 25.5 Å². The van der Waals surface area contributed by atoms with Crippen molar-refractivity contribution < 1.29 is 53.1 Å². The van der Waals surface area contributed by atoms with Crippen LogP contribution in [0.15, 0.2) is 6.20 Å². The van der Waals surface area contributed by atoms with E-state index >= 15 is 0 Å². The molecule has 4 rings (SSSR count). The summed E-state index contributed by atoms with van der Waals surface area (Å²) in [5, 5.41) is 25.5. The molecule has 2 saturated heterocycles. The molecule has 2 aromatic rings. The van der Waals surface area contributed by atoms with Gasteiger partial charge in [0.05, 0.1) is 18.7 Å². The Kier molecular flexibility index (Phi) is 8.39. The van der Waals surface area contributed by atoms with Gasteiger partial charge in [-0.25, -0.2) is 9.48 Å². The van der Waals surface area contributed by atoms with Crippen molar-refractivity contribution in [2.24, 2.45) is 0 Å². The molecule has 0 radical (unpaired) electrons. The summed E-state index contributed by atoms with van der Waals surface area (Å²) in [6, 6.07) is -0.596. The van der Waals surface area contributed by atoms with Gasteiger partial charge in [0.25, 0.3) is 0 Å². The van der Waals surface area contributed by atoms with E-state index in [0.717, 1.165) is 17.5 Å². The monoisotopic (exact) mass is 586 g/mol. The second kappa shape index (κ2) is 10.9. The second-order valence-corrected chi connectivity index (χ2v) is 13.1. The normalized spacial score (nSPS) is 27.1. The first-order chi connectivity index (χ1) is 17.3. The molecule has 2 aromatic heterocycles. The van der Waals surface area contributed by atoms with Crippen LogP contribution in [0.2, 0.25) is 5.28 Å². The number of carbonyl (C=O) groups excluding carboxylic acids is 1. The van der Waals surface area contributed by atoms with Crippen LogP contribution < -0.4 is 4.90 Å². The molecule has 2 aliphatic rings. The molecular weight excluding hydrogens is 560 g/mol. The Hall–Kier alpha value is -1.55. The summed E-state index contributed by atoms with van der Waals surface area (Å²) >= 11 is 6.19. The fourth-order valence-electron chi connectivity index (χ4n) is 4.40. The quantitative estimate of drug-likeness (QED) is 0.130. The molecule has 6 N–H and O–H groups in total. The molecule has 16 nitrogen and oxygen atoms in total. The van der Waals surface area contributed by atoms with Crippen LogP contribution in [0, 0.1) is 0 Å². The van der Waals surface area contributed by atoms with Crippen molar-refractivity contribution in [1.82, 2.24) is 19.7 Å². The Balaban J connectivity index is 1.60. The number of halogens is 1. The highest BCUT2D eigenvalue weighted by Crippen LogP contribution is 2.61. The number of nitrogens with zero attached hydrogens (tertiary/aromatic N) is 5. The lowest BCUT2D eigenvalue weighted by Gasteiger charge is -2.34. The van der Waals surface area contributed by atoms with Crippen LogP contribution >= 0.6 is 27.1 Å². The van der Waals surface area contributed by atoms with Crippen molar-refractivity contribution in [1.29, 1.82) is 0 Å². The molecule has 0 aromatic carbocycles. The third-order valence-electron chi connectivity index (χ3n) is 6.05. The van der Waals surface area contributed by atoms with Gasteiger partial charge in [0.15, 0.2) is 11.9 Å². The lowest BCUT2D eigenvalue weighted by Crippen LogP contribution is -2.46. The van der Waals surface area contributed by atoms with Crippen molar-refractivity contribution in [2.45, 2.75) is 49.8 Å². The van der Waals surface area contributed by atoms with E-state index in [0.29, 0.717) is 24.2 Å². The lowest BCUT2D eigenvalue weighted by molar-refractivity contribution is -0.142. The number of anilines is 1. The predicted molar refractivity (Wildman–Crippen MR) is 127 cm³/mol. The smallest absolute Gasteiger partial charge is 0.419 e. The molecule has 19 heteroatoms. The molecule has 5 atom stereocenters. The third-order valence-corrected chi connectivity index (χ3v) is 9.73. The average Bonchev–Trinajstić information content (AvgIpc) is 3.36. The van der Waals surface area contributed by atoms with Gasteiger partial charge in [-0.15, -0.1) is 0 Å². The van der Waals surface area contributed by atoms with E-state index in [4.69, 9.17) is 35.4 Å². The molecule has 2 aliphatic heterocycles. The van der Waals surface area contributed by atoms with Crippen molar-refractivity contribution in [3.8, 4) is 0 Å². The number of piperidine rings is 1. The summed E-state index contributed by atoms with van der Waals surface area (Å²) in [4.78, 5) is 60.1. The molecule has 37 heavy (non-hydrogen) atoms. The summed E-state index contributed by atoms with van der Waals surface area (Å²) in [7, 11) is -7.96. The molecule has 0 amide bonds. The number of hydrogen-bond donors (Lipinski definition) is 6. The van der Waals surface area contributed by atoms with Crippen LogP contribution in [-0.4, -0.2) is 106 Å². The Morgan fingerprint density at radius 1 is 1.27 bits per heavy atom. The summed E-state index contributed by atoms with van der Waals surface area (Å²) in [6.45, 7) is -0.194. The topological polar surface area (TPSA) is 230 Å². The number of aromatic nitrogens is 4. The first kappa shape index (κ1) is 28.5. The fraction of sp³-hybridized carbons (Fsp3) is 0.667. The van der Waals surface area contributed by atoms with Crippen LogP contribution in [0.3, 0.4) is 0 Å². The fourth-order valence-corrected chi connectivity index (χ4v) is 7.19. The molecule has 206 valence electrons. The average molecular weight is 587 g/mol. The van der Waals surface area contributed by atoms with Crippen molar-refractivity contribution in [3.05, 3.63) is 11.5 Å². The van der Waals surface area contributed by atoms with Crippen LogP contribution in [0.25, 0.3) is 11.0 Å². The summed E-state index contributed by atoms with van der Waals surface area (Å²) in [5.74, 6) is -1.40. The van der Waals surface area contributed by atoms with Crippen LogP contribution in [0.5, 0.6) is 0 Å². The summed E-state index contributed by atoms with van der Waals surface area (Å²) in [5.41, 5.74) is 0.134. The maximum atomic E-state index is 12.4. The van der Waals surface area contributed by atoms with E-state index < -0.39 is 64.6 Å². The number of aliphatic hydroxyl groups excluding tert-OH is 2. The number of aliphatic hydroxyl groups is 2. The Labute approximate surface area is 215 Å². The van der Waals surface area contributed by atoms with Crippen molar-refractivity contribution in [3.63, 3.8) is 0 Å². The SMILES string of the molecule is COC(=O)[C@H]1CCCCN1c1nc(Cl)nc2c1cnn2[C@@H]1O[C@H](CO[P+](O)(O)CP(=O)(O)O)[C@@H](O)[C@H]1O. The van der Waals surface area contributed by atoms with Gasteiger partial charge in [0.1, 0.15) is 36.8 Å². The molecule has 0 bridgehead atoms. The molecule has 0 spiro atoms. The standard InChI is InChI=1S/C18H26ClN5O11P2/c1-33-17(27)10-4-2-3-5-23(10)14-9-6-20-24(15(9)22-18(19)21-14)16-13(26)12(25)11(35-16)7-34-37(31,32)8-36(28,29)30/h6,10-13,16,25-26,31-32H,2-5,7-8H2,1H3,(H-,28,29,30)/p+1/t10-,11-,12-,13-,16-/m1/s1. The number of ether oxygens (including phenoxy) is 2. The third kappa shape index (κ3) is 6.21. The number of methoxy groups -OCH3 is 1. The van der Waals surface area contributed by atoms with Crippen LogP contribution in [0.4, 0.5) is 5.82 Å². The van der Waals surface area contributed by atoms with E-state index in [2.05, 4.69) is 15.1 Å². The van der Waals surface area contributed by atoms with Gasteiger partial charge in [-0.1, -0.05) is 0 Å². The van der Waals surface area contributed by atoms with E-state index in [1.54, 1.807) is 4.90 Å². The molecule has 4 heterocycles. The number of hydrogen-bond acceptors (Lipinski definition) is 13. The van der Waals surface area contributed by atoms with Gasteiger partial charge in [0.2, 0.25) is 11.2 Å². The summed E-state index contributed by atoms with van der Waals surface area (Å²) in [6.07, 6.45) is -2.22. The van der Waals surface area contributed by atoms with E-state index in [1.165, 1.54) is 13.3 Å².